The Morgan fingerprint density at radius 1 is 1.13 bits per heavy atom. The van der Waals surface area contributed by atoms with Gasteiger partial charge in [0.25, 0.3) is 5.91 Å². The summed E-state index contributed by atoms with van der Waals surface area (Å²) in [6.07, 6.45) is 1.44. The SMILES string of the molecule is Cc1ccc(COc2ccc(Cl)cc2/C=C(\C#N)C(=O)Nc2ccc(O)cc2)cc1. The monoisotopic (exact) mass is 418 g/mol. The van der Waals surface area contributed by atoms with E-state index >= 15 is 0 Å². The van der Waals surface area contributed by atoms with Crippen molar-refractivity contribution in [2.75, 3.05) is 5.32 Å². The molecule has 0 aliphatic carbocycles. The van der Waals surface area contributed by atoms with Crippen molar-refractivity contribution in [2.45, 2.75) is 13.5 Å². The van der Waals surface area contributed by atoms with Gasteiger partial charge in [-0.05, 0) is 61.0 Å². The maximum absolute atomic E-state index is 12.5. The molecular formula is C24H19ClN2O3. The standard InChI is InChI=1S/C24H19ClN2O3/c1-16-2-4-17(5-3-16)15-30-23-11-6-20(25)13-18(23)12-19(14-26)24(29)27-21-7-9-22(28)10-8-21/h2-13,28H,15H2,1H3,(H,27,29)/b19-12+. The molecule has 0 spiro atoms. The van der Waals surface area contributed by atoms with Gasteiger partial charge < -0.3 is 15.2 Å². The van der Waals surface area contributed by atoms with Gasteiger partial charge >= 0.3 is 0 Å². The van der Waals surface area contributed by atoms with E-state index in [1.54, 1.807) is 18.2 Å². The number of nitriles is 1. The van der Waals surface area contributed by atoms with Crippen LogP contribution < -0.4 is 10.1 Å². The minimum absolute atomic E-state index is 0.0818. The molecule has 0 aromatic heterocycles. The molecule has 0 bridgehead atoms. The van der Waals surface area contributed by atoms with Gasteiger partial charge in [-0.25, -0.2) is 0 Å². The van der Waals surface area contributed by atoms with Crippen LogP contribution in [0.1, 0.15) is 16.7 Å². The fourth-order valence-electron chi connectivity index (χ4n) is 2.66. The largest absolute Gasteiger partial charge is 0.508 e. The zero-order valence-corrected chi connectivity index (χ0v) is 17.0. The number of aryl methyl sites for hydroxylation is 1. The highest BCUT2D eigenvalue weighted by Gasteiger charge is 2.12. The number of ether oxygens (including phenoxy) is 1. The Morgan fingerprint density at radius 3 is 2.50 bits per heavy atom. The molecule has 0 unspecified atom stereocenters. The van der Waals surface area contributed by atoms with Crippen LogP contribution in [-0.4, -0.2) is 11.0 Å². The smallest absolute Gasteiger partial charge is 0.266 e. The first kappa shape index (κ1) is 21.0. The number of carbonyl (C=O) groups excluding carboxylic acids is 1. The third-order valence-electron chi connectivity index (χ3n) is 4.28. The Labute approximate surface area is 179 Å². The summed E-state index contributed by atoms with van der Waals surface area (Å²) in [5.74, 6) is 0.0103. The van der Waals surface area contributed by atoms with E-state index in [2.05, 4.69) is 5.32 Å². The minimum Gasteiger partial charge on any atom is -0.508 e. The van der Waals surface area contributed by atoms with Crippen LogP contribution in [0.3, 0.4) is 0 Å². The van der Waals surface area contributed by atoms with Crippen LogP contribution in [0.25, 0.3) is 6.08 Å². The molecule has 150 valence electrons. The van der Waals surface area contributed by atoms with Gasteiger partial charge in [-0.15, -0.1) is 0 Å². The molecule has 6 heteroatoms. The van der Waals surface area contributed by atoms with E-state index in [1.165, 1.54) is 30.3 Å². The molecule has 0 heterocycles. The molecule has 0 fully saturated rings. The second kappa shape index (κ2) is 9.64. The second-order valence-electron chi connectivity index (χ2n) is 6.63. The number of nitrogens with one attached hydrogen (secondary N) is 1. The lowest BCUT2D eigenvalue weighted by Gasteiger charge is -2.11. The van der Waals surface area contributed by atoms with Gasteiger partial charge in [0.15, 0.2) is 0 Å². The van der Waals surface area contributed by atoms with Crippen LogP contribution in [0.5, 0.6) is 11.5 Å². The van der Waals surface area contributed by atoms with E-state index in [1.807, 2.05) is 37.3 Å². The van der Waals surface area contributed by atoms with Crippen LogP contribution in [0.4, 0.5) is 5.69 Å². The second-order valence-corrected chi connectivity index (χ2v) is 7.06. The number of anilines is 1. The number of carbonyl (C=O) groups is 1. The highest BCUT2D eigenvalue weighted by molar-refractivity contribution is 6.30. The average Bonchev–Trinajstić information content (AvgIpc) is 2.74. The minimum atomic E-state index is -0.576. The summed E-state index contributed by atoms with van der Waals surface area (Å²) >= 11 is 6.11. The van der Waals surface area contributed by atoms with Crippen LogP contribution in [0.15, 0.2) is 72.3 Å². The predicted molar refractivity (Wildman–Crippen MR) is 117 cm³/mol. The number of benzene rings is 3. The topological polar surface area (TPSA) is 82.3 Å². The Kier molecular flexibility index (Phi) is 6.74. The molecule has 3 rings (SSSR count). The number of hydrogen-bond acceptors (Lipinski definition) is 4. The van der Waals surface area contributed by atoms with E-state index in [9.17, 15) is 15.2 Å². The molecule has 1 amide bonds. The molecule has 0 saturated heterocycles. The predicted octanol–water partition coefficient (Wildman–Crippen LogP) is 5.48. The van der Waals surface area contributed by atoms with E-state index in [0.717, 1.165) is 11.1 Å². The van der Waals surface area contributed by atoms with Gasteiger partial charge in [0.2, 0.25) is 0 Å². The number of rotatable bonds is 6. The van der Waals surface area contributed by atoms with Crippen molar-refractivity contribution >= 4 is 29.3 Å². The van der Waals surface area contributed by atoms with E-state index < -0.39 is 5.91 Å². The summed E-state index contributed by atoms with van der Waals surface area (Å²) in [4.78, 5) is 12.5. The summed E-state index contributed by atoms with van der Waals surface area (Å²) in [6, 6.07) is 20.9. The molecule has 0 radical (unpaired) electrons. The quantitative estimate of drug-likeness (QED) is 0.315. The lowest BCUT2D eigenvalue weighted by molar-refractivity contribution is -0.112. The Balaban J connectivity index is 1.81. The maximum atomic E-state index is 12.5. The zero-order chi connectivity index (χ0) is 21.5. The normalized spacial score (nSPS) is 10.9. The van der Waals surface area contributed by atoms with Crippen molar-refractivity contribution in [2.24, 2.45) is 0 Å². The Morgan fingerprint density at radius 2 is 1.83 bits per heavy atom. The first-order valence-corrected chi connectivity index (χ1v) is 9.52. The first-order valence-electron chi connectivity index (χ1n) is 9.14. The number of amides is 1. The fourth-order valence-corrected chi connectivity index (χ4v) is 2.84. The molecule has 5 nitrogen and oxygen atoms in total. The van der Waals surface area contributed by atoms with Gasteiger partial charge in [-0.3, -0.25) is 4.79 Å². The highest BCUT2D eigenvalue weighted by Crippen LogP contribution is 2.26. The van der Waals surface area contributed by atoms with E-state index in [4.69, 9.17) is 16.3 Å². The van der Waals surface area contributed by atoms with Gasteiger partial charge in [0.1, 0.15) is 29.7 Å². The third kappa shape index (κ3) is 5.63. The molecular weight excluding hydrogens is 400 g/mol. The van der Waals surface area contributed by atoms with Crippen molar-refractivity contribution in [1.82, 2.24) is 0 Å². The van der Waals surface area contributed by atoms with Crippen molar-refractivity contribution < 1.29 is 14.6 Å². The van der Waals surface area contributed by atoms with Crippen molar-refractivity contribution in [3.63, 3.8) is 0 Å². The summed E-state index contributed by atoms with van der Waals surface area (Å²) in [5, 5.41) is 21.9. The molecule has 3 aromatic carbocycles. The maximum Gasteiger partial charge on any atom is 0.266 e. The zero-order valence-electron chi connectivity index (χ0n) is 16.2. The van der Waals surface area contributed by atoms with Crippen molar-refractivity contribution in [1.29, 1.82) is 5.26 Å². The summed E-state index contributed by atoms with van der Waals surface area (Å²) in [7, 11) is 0. The number of halogens is 1. The lowest BCUT2D eigenvalue weighted by atomic mass is 10.1. The third-order valence-corrected chi connectivity index (χ3v) is 4.51. The van der Waals surface area contributed by atoms with Crippen LogP contribution in [0, 0.1) is 18.3 Å². The number of phenols is 1. The Hall–Kier alpha value is -3.75. The number of aromatic hydroxyl groups is 1. The van der Waals surface area contributed by atoms with E-state index in [0.29, 0.717) is 28.6 Å². The first-order chi connectivity index (χ1) is 14.4. The number of phenolic OH excluding ortho intramolecular Hbond substituents is 1. The van der Waals surface area contributed by atoms with E-state index in [-0.39, 0.29) is 11.3 Å². The van der Waals surface area contributed by atoms with Crippen LogP contribution in [-0.2, 0) is 11.4 Å². The molecule has 0 saturated carbocycles. The fraction of sp³-hybridized carbons (Fsp3) is 0.0833. The molecule has 0 atom stereocenters. The van der Waals surface area contributed by atoms with Crippen molar-refractivity contribution in [3.8, 4) is 17.6 Å². The average molecular weight is 419 g/mol. The van der Waals surface area contributed by atoms with Gasteiger partial charge in [-0.1, -0.05) is 41.4 Å². The van der Waals surface area contributed by atoms with Crippen molar-refractivity contribution in [3.05, 3.63) is 94.0 Å². The molecule has 30 heavy (non-hydrogen) atoms. The van der Waals surface area contributed by atoms with Gasteiger partial charge in [0.05, 0.1) is 0 Å². The van der Waals surface area contributed by atoms with Crippen LogP contribution in [0.2, 0.25) is 5.02 Å². The van der Waals surface area contributed by atoms with Crippen LogP contribution >= 0.6 is 11.6 Å². The summed E-state index contributed by atoms with van der Waals surface area (Å²) in [6.45, 7) is 2.35. The number of hydrogen-bond donors (Lipinski definition) is 2. The molecule has 0 aliphatic heterocycles. The highest BCUT2D eigenvalue weighted by atomic mass is 35.5. The Bertz CT molecular complexity index is 1110. The summed E-state index contributed by atoms with van der Waals surface area (Å²) in [5.41, 5.74) is 3.03. The van der Waals surface area contributed by atoms with Gasteiger partial charge in [-0.2, -0.15) is 5.26 Å². The molecule has 0 aliphatic rings. The van der Waals surface area contributed by atoms with Gasteiger partial charge in [0, 0.05) is 16.3 Å². The number of nitrogens with zero attached hydrogens (tertiary/aromatic N) is 1. The lowest BCUT2D eigenvalue weighted by Crippen LogP contribution is -2.13. The molecule has 3 aromatic rings. The summed E-state index contributed by atoms with van der Waals surface area (Å²) < 4.78 is 5.90. The molecule has 2 N–H and O–H groups in total.